The Morgan fingerprint density at radius 3 is 2.18 bits per heavy atom. The van der Waals surface area contributed by atoms with Crippen LogP contribution in [0.5, 0.6) is 0 Å². The summed E-state index contributed by atoms with van der Waals surface area (Å²) in [7, 11) is 2.52. The van der Waals surface area contributed by atoms with Crippen molar-refractivity contribution >= 4 is 11.8 Å². The molecule has 0 fully saturated rings. The molecular formula is C7H12O4. The highest BCUT2D eigenvalue weighted by atomic mass is 16.6. The third-order valence-corrected chi connectivity index (χ3v) is 1.29. The van der Waals surface area contributed by atoms with Crippen molar-refractivity contribution in [3.8, 4) is 0 Å². The fraction of sp³-hybridized carbons (Fsp3) is 0.714. The summed E-state index contributed by atoms with van der Waals surface area (Å²) in [5.41, 5.74) is 0. The van der Waals surface area contributed by atoms with Gasteiger partial charge in [-0.25, -0.2) is 4.79 Å². The van der Waals surface area contributed by atoms with Crippen LogP contribution in [-0.4, -0.2) is 32.1 Å². The topological polar surface area (TPSA) is 52.6 Å². The first-order valence-electron chi connectivity index (χ1n) is 3.30. The molecule has 0 amide bonds. The van der Waals surface area contributed by atoms with E-state index in [-0.39, 0.29) is 12.2 Å². The zero-order valence-electron chi connectivity index (χ0n) is 6.92. The van der Waals surface area contributed by atoms with E-state index in [1.165, 1.54) is 14.2 Å². The van der Waals surface area contributed by atoms with Gasteiger partial charge in [-0.1, -0.05) is 6.92 Å². The lowest BCUT2D eigenvalue weighted by Gasteiger charge is -2.09. The van der Waals surface area contributed by atoms with Crippen LogP contribution in [0.3, 0.4) is 0 Å². The van der Waals surface area contributed by atoms with Gasteiger partial charge in [0.05, 0.1) is 7.11 Å². The number of ketones is 1. The Labute approximate surface area is 65.5 Å². The third-order valence-electron chi connectivity index (χ3n) is 1.29. The first-order chi connectivity index (χ1) is 5.17. The Balaban J connectivity index is 4.15. The molecule has 0 aliphatic heterocycles. The standard InChI is InChI=1S/C7H12O4/c1-4-5(8)6(10-2)7(9)11-3/h6H,4H2,1-3H3. The van der Waals surface area contributed by atoms with Gasteiger partial charge < -0.3 is 9.47 Å². The van der Waals surface area contributed by atoms with Crippen LogP contribution < -0.4 is 0 Å². The van der Waals surface area contributed by atoms with Gasteiger partial charge in [-0.15, -0.1) is 0 Å². The molecule has 4 heteroatoms. The summed E-state index contributed by atoms with van der Waals surface area (Å²) in [6.07, 6.45) is -0.779. The molecule has 0 aliphatic rings. The number of methoxy groups -OCH3 is 2. The van der Waals surface area contributed by atoms with E-state index in [0.717, 1.165) is 0 Å². The van der Waals surface area contributed by atoms with Crippen LogP contribution in [-0.2, 0) is 19.1 Å². The zero-order valence-corrected chi connectivity index (χ0v) is 6.92. The van der Waals surface area contributed by atoms with Crippen molar-refractivity contribution in [3.63, 3.8) is 0 Å². The molecule has 0 saturated carbocycles. The Hall–Kier alpha value is -0.900. The smallest absolute Gasteiger partial charge is 0.342 e. The van der Waals surface area contributed by atoms with Crippen LogP contribution in [0.1, 0.15) is 13.3 Å². The van der Waals surface area contributed by atoms with E-state index in [4.69, 9.17) is 0 Å². The van der Waals surface area contributed by atoms with E-state index in [9.17, 15) is 9.59 Å². The molecule has 0 heterocycles. The van der Waals surface area contributed by atoms with Gasteiger partial charge in [0.25, 0.3) is 0 Å². The minimum Gasteiger partial charge on any atom is -0.467 e. The Kier molecular flexibility index (Phi) is 4.45. The predicted octanol–water partition coefficient (Wildman–Crippen LogP) is 0.153. The molecule has 0 aromatic heterocycles. The summed E-state index contributed by atoms with van der Waals surface area (Å²) in [6.45, 7) is 1.66. The number of rotatable bonds is 4. The van der Waals surface area contributed by atoms with Crippen molar-refractivity contribution in [2.75, 3.05) is 14.2 Å². The zero-order chi connectivity index (χ0) is 8.85. The predicted molar refractivity (Wildman–Crippen MR) is 38.1 cm³/mol. The maximum Gasteiger partial charge on any atom is 0.342 e. The summed E-state index contributed by atoms with van der Waals surface area (Å²) in [4.78, 5) is 21.7. The molecule has 4 nitrogen and oxygen atoms in total. The first-order valence-corrected chi connectivity index (χ1v) is 3.30. The highest BCUT2D eigenvalue weighted by Gasteiger charge is 2.24. The van der Waals surface area contributed by atoms with Crippen LogP contribution in [0.4, 0.5) is 0 Å². The minimum atomic E-state index is -1.05. The van der Waals surface area contributed by atoms with Gasteiger partial charge in [-0.2, -0.15) is 0 Å². The molecule has 0 aromatic rings. The molecule has 0 aliphatic carbocycles. The van der Waals surface area contributed by atoms with Crippen LogP contribution in [0.2, 0.25) is 0 Å². The van der Waals surface area contributed by atoms with E-state index in [1.54, 1.807) is 6.92 Å². The lowest BCUT2D eigenvalue weighted by Crippen LogP contribution is -2.32. The maximum absolute atomic E-state index is 10.9. The average molecular weight is 160 g/mol. The lowest BCUT2D eigenvalue weighted by atomic mass is 10.2. The van der Waals surface area contributed by atoms with Gasteiger partial charge in [0.15, 0.2) is 5.78 Å². The van der Waals surface area contributed by atoms with Gasteiger partial charge in [0, 0.05) is 13.5 Å². The number of ether oxygens (including phenoxy) is 2. The molecule has 0 N–H and O–H groups in total. The molecule has 0 spiro atoms. The first kappa shape index (κ1) is 10.1. The van der Waals surface area contributed by atoms with Crippen molar-refractivity contribution in [3.05, 3.63) is 0 Å². The van der Waals surface area contributed by atoms with Crippen molar-refractivity contribution < 1.29 is 19.1 Å². The van der Waals surface area contributed by atoms with Crippen molar-refractivity contribution in [1.29, 1.82) is 0 Å². The lowest BCUT2D eigenvalue weighted by molar-refractivity contribution is -0.157. The normalized spacial score (nSPS) is 12.3. The Morgan fingerprint density at radius 2 is 1.91 bits per heavy atom. The second-order valence-electron chi connectivity index (χ2n) is 1.96. The summed E-state index contributed by atoms with van der Waals surface area (Å²) < 4.78 is 8.97. The van der Waals surface area contributed by atoms with Crippen LogP contribution in [0.15, 0.2) is 0 Å². The van der Waals surface area contributed by atoms with Gasteiger partial charge in [0.1, 0.15) is 0 Å². The second-order valence-corrected chi connectivity index (χ2v) is 1.96. The number of esters is 1. The van der Waals surface area contributed by atoms with Crippen molar-refractivity contribution in [2.45, 2.75) is 19.4 Å². The number of carbonyl (C=O) groups excluding carboxylic acids is 2. The molecule has 0 bridgehead atoms. The van der Waals surface area contributed by atoms with E-state index in [1.807, 2.05) is 0 Å². The fourth-order valence-electron chi connectivity index (χ4n) is 0.652. The molecule has 64 valence electrons. The fourth-order valence-corrected chi connectivity index (χ4v) is 0.652. The summed E-state index contributed by atoms with van der Waals surface area (Å²) >= 11 is 0. The molecule has 0 radical (unpaired) electrons. The van der Waals surface area contributed by atoms with Gasteiger partial charge in [-0.3, -0.25) is 4.79 Å². The molecule has 1 atom stereocenters. The van der Waals surface area contributed by atoms with Gasteiger partial charge >= 0.3 is 5.97 Å². The quantitative estimate of drug-likeness (QED) is 0.434. The number of carbonyl (C=O) groups is 2. The van der Waals surface area contributed by atoms with E-state index in [0.29, 0.717) is 0 Å². The monoisotopic (exact) mass is 160 g/mol. The molecule has 11 heavy (non-hydrogen) atoms. The maximum atomic E-state index is 10.9. The molecule has 1 unspecified atom stereocenters. The summed E-state index contributed by atoms with van der Waals surface area (Å²) in [5.74, 6) is -0.904. The van der Waals surface area contributed by atoms with E-state index in [2.05, 4.69) is 9.47 Å². The van der Waals surface area contributed by atoms with Crippen molar-refractivity contribution in [1.82, 2.24) is 0 Å². The van der Waals surface area contributed by atoms with Crippen LogP contribution in [0, 0.1) is 0 Å². The summed E-state index contributed by atoms with van der Waals surface area (Å²) in [6, 6.07) is 0. The molecular weight excluding hydrogens is 148 g/mol. The van der Waals surface area contributed by atoms with Gasteiger partial charge in [0.2, 0.25) is 6.10 Å². The number of hydrogen-bond acceptors (Lipinski definition) is 4. The highest BCUT2D eigenvalue weighted by Crippen LogP contribution is 1.97. The van der Waals surface area contributed by atoms with Crippen LogP contribution in [0.25, 0.3) is 0 Å². The average Bonchev–Trinajstić information content (AvgIpc) is 2.05. The van der Waals surface area contributed by atoms with E-state index >= 15 is 0 Å². The van der Waals surface area contributed by atoms with Crippen LogP contribution >= 0.6 is 0 Å². The largest absolute Gasteiger partial charge is 0.467 e. The Morgan fingerprint density at radius 1 is 1.36 bits per heavy atom. The second kappa shape index (κ2) is 4.85. The molecule has 0 aromatic carbocycles. The molecule has 0 saturated heterocycles. The number of Topliss-reactive ketones (excluding diaryl/α,β-unsaturated/α-hetero) is 1. The van der Waals surface area contributed by atoms with Gasteiger partial charge in [-0.05, 0) is 0 Å². The number of hydrogen-bond donors (Lipinski definition) is 0. The third kappa shape index (κ3) is 2.67. The summed E-state index contributed by atoms with van der Waals surface area (Å²) in [5, 5.41) is 0. The molecule has 0 rings (SSSR count). The SMILES string of the molecule is CCC(=O)C(OC)C(=O)OC. The highest BCUT2D eigenvalue weighted by molar-refractivity contribution is 6.01. The van der Waals surface area contributed by atoms with E-state index < -0.39 is 12.1 Å². The Bertz CT molecular complexity index is 137. The van der Waals surface area contributed by atoms with Crippen molar-refractivity contribution in [2.24, 2.45) is 0 Å². The minimum absolute atomic E-state index is 0.264.